The summed E-state index contributed by atoms with van der Waals surface area (Å²) in [5.74, 6) is -0.693. The van der Waals surface area contributed by atoms with Crippen molar-refractivity contribution in [1.82, 2.24) is 4.57 Å². The molecule has 1 amide bonds. The molecule has 0 radical (unpaired) electrons. The number of aromatic nitrogens is 1. The van der Waals surface area contributed by atoms with Gasteiger partial charge in [0.25, 0.3) is 0 Å². The molecule has 0 aliphatic heterocycles. The van der Waals surface area contributed by atoms with Gasteiger partial charge in [-0.2, -0.15) is 0 Å². The fraction of sp³-hybridized carbons (Fsp3) is 0.0769. The van der Waals surface area contributed by atoms with E-state index in [4.69, 9.17) is 0 Å². The first-order valence-corrected chi connectivity index (χ1v) is 7.72. The Morgan fingerprint density at radius 3 is 2.50 bits per heavy atom. The van der Waals surface area contributed by atoms with Crippen molar-refractivity contribution >= 4 is 56.8 Å². The number of hydrogen-bond donors (Lipinski definition) is 1. The number of pyridine rings is 1. The normalized spacial score (nSPS) is 10.3. The van der Waals surface area contributed by atoms with Gasteiger partial charge in [0.05, 0.1) is 7.14 Å². The predicted molar refractivity (Wildman–Crippen MR) is 91.2 cm³/mol. The minimum Gasteiger partial charge on any atom is -0.343 e. The van der Waals surface area contributed by atoms with Crippen LogP contribution in [0.2, 0.25) is 0 Å². The summed E-state index contributed by atoms with van der Waals surface area (Å²) in [7, 11) is 0. The van der Waals surface area contributed by atoms with Crippen molar-refractivity contribution in [1.29, 1.82) is 0 Å². The van der Waals surface area contributed by atoms with Crippen LogP contribution < -0.4 is 10.7 Å². The van der Waals surface area contributed by atoms with Crippen LogP contribution in [0.15, 0.2) is 41.5 Å². The number of rotatable bonds is 3. The average molecular weight is 498 g/mol. The molecule has 0 saturated heterocycles. The zero-order valence-corrected chi connectivity index (χ0v) is 14.4. The van der Waals surface area contributed by atoms with Crippen LogP contribution in [0.3, 0.4) is 0 Å². The topological polar surface area (TPSA) is 51.1 Å². The number of hydrogen-bond acceptors (Lipinski definition) is 2. The molecule has 2 aromatic rings. The van der Waals surface area contributed by atoms with Gasteiger partial charge in [0.2, 0.25) is 11.3 Å². The summed E-state index contributed by atoms with van der Waals surface area (Å²) >= 11 is 3.86. The maximum absolute atomic E-state index is 13.0. The van der Waals surface area contributed by atoms with Crippen molar-refractivity contribution in [3.63, 3.8) is 0 Å². The van der Waals surface area contributed by atoms with Gasteiger partial charge in [-0.25, -0.2) is 4.39 Å². The standard InChI is InChI=1S/C13H9FI2N2O2/c14-8-2-1-3-9(4-8)17-12(19)7-18-5-10(15)13(20)11(16)6-18/h1-6H,7H2,(H,17,19). The summed E-state index contributed by atoms with van der Waals surface area (Å²) in [4.78, 5) is 23.4. The average Bonchev–Trinajstić information content (AvgIpc) is 2.35. The van der Waals surface area contributed by atoms with Crippen LogP contribution in [0.5, 0.6) is 0 Å². The molecule has 7 heteroatoms. The predicted octanol–water partition coefficient (Wildman–Crippen LogP) is 2.84. The number of amides is 1. The molecular formula is C13H9FI2N2O2. The Kier molecular flexibility index (Phi) is 5.13. The first-order valence-electron chi connectivity index (χ1n) is 5.56. The molecule has 0 fully saturated rings. The monoisotopic (exact) mass is 498 g/mol. The summed E-state index contributed by atoms with van der Waals surface area (Å²) in [5.41, 5.74) is 0.355. The second kappa shape index (κ2) is 6.66. The summed E-state index contributed by atoms with van der Waals surface area (Å²) in [6.07, 6.45) is 3.21. The van der Waals surface area contributed by atoms with Gasteiger partial charge in [0.1, 0.15) is 12.4 Å². The van der Waals surface area contributed by atoms with Crippen LogP contribution in [-0.2, 0) is 11.3 Å². The van der Waals surface area contributed by atoms with E-state index in [1.54, 1.807) is 23.0 Å². The summed E-state index contributed by atoms with van der Waals surface area (Å²) in [6, 6.07) is 5.69. The second-order valence-electron chi connectivity index (χ2n) is 4.01. The highest BCUT2D eigenvalue weighted by molar-refractivity contribution is 14.1. The Morgan fingerprint density at radius 2 is 1.90 bits per heavy atom. The molecule has 20 heavy (non-hydrogen) atoms. The Labute approximate surface area is 141 Å². The number of anilines is 1. The van der Waals surface area contributed by atoms with Crippen LogP contribution in [0.4, 0.5) is 10.1 Å². The smallest absolute Gasteiger partial charge is 0.244 e. The lowest BCUT2D eigenvalue weighted by atomic mass is 10.3. The van der Waals surface area contributed by atoms with Crippen molar-refractivity contribution in [3.8, 4) is 0 Å². The lowest BCUT2D eigenvalue weighted by molar-refractivity contribution is -0.116. The number of halogens is 3. The molecule has 0 bridgehead atoms. The molecule has 0 aliphatic carbocycles. The zero-order chi connectivity index (χ0) is 14.7. The molecule has 0 saturated carbocycles. The van der Waals surface area contributed by atoms with Gasteiger partial charge in [-0.3, -0.25) is 9.59 Å². The van der Waals surface area contributed by atoms with Gasteiger partial charge in [0.15, 0.2) is 0 Å². The summed E-state index contributed by atoms with van der Waals surface area (Å²) < 4.78 is 15.7. The van der Waals surface area contributed by atoms with E-state index in [0.29, 0.717) is 12.8 Å². The quantitative estimate of drug-likeness (QED) is 0.663. The molecule has 1 aromatic carbocycles. The molecule has 0 aliphatic rings. The molecule has 104 valence electrons. The highest BCUT2D eigenvalue weighted by Crippen LogP contribution is 2.09. The zero-order valence-electron chi connectivity index (χ0n) is 10.1. The minimum atomic E-state index is -0.407. The third-order valence-corrected chi connectivity index (χ3v) is 3.96. The van der Waals surface area contributed by atoms with Gasteiger partial charge in [-0.05, 0) is 63.4 Å². The maximum Gasteiger partial charge on any atom is 0.244 e. The molecule has 1 heterocycles. The SMILES string of the molecule is O=C(Cn1cc(I)c(=O)c(I)c1)Nc1cccc(F)c1. The first-order chi connectivity index (χ1) is 9.45. The van der Waals surface area contributed by atoms with Crippen molar-refractivity contribution in [2.45, 2.75) is 6.54 Å². The van der Waals surface area contributed by atoms with Crippen LogP contribution in [0, 0.1) is 13.0 Å². The molecule has 0 unspecified atom stereocenters. The van der Waals surface area contributed by atoms with Crippen LogP contribution in [-0.4, -0.2) is 10.5 Å². The number of benzene rings is 1. The molecule has 4 nitrogen and oxygen atoms in total. The van der Waals surface area contributed by atoms with E-state index in [0.717, 1.165) is 0 Å². The fourth-order valence-corrected chi connectivity index (χ4v) is 3.40. The Morgan fingerprint density at radius 1 is 1.25 bits per heavy atom. The van der Waals surface area contributed by atoms with Gasteiger partial charge >= 0.3 is 0 Å². The molecule has 1 N–H and O–H groups in total. The van der Waals surface area contributed by atoms with Crippen molar-refractivity contribution in [2.24, 2.45) is 0 Å². The van der Waals surface area contributed by atoms with Gasteiger partial charge < -0.3 is 9.88 Å². The summed E-state index contributed by atoms with van der Waals surface area (Å²) in [6.45, 7) is 0.0583. The van der Waals surface area contributed by atoms with Gasteiger partial charge in [0, 0.05) is 18.1 Å². The fourth-order valence-electron chi connectivity index (χ4n) is 1.58. The molecular weight excluding hydrogens is 489 g/mol. The van der Waals surface area contributed by atoms with E-state index in [2.05, 4.69) is 5.32 Å². The highest BCUT2D eigenvalue weighted by atomic mass is 127. The molecule has 0 spiro atoms. The van der Waals surface area contributed by atoms with E-state index in [9.17, 15) is 14.0 Å². The van der Waals surface area contributed by atoms with E-state index in [-0.39, 0.29) is 17.9 Å². The first kappa shape index (κ1) is 15.4. The molecule has 0 atom stereocenters. The van der Waals surface area contributed by atoms with Crippen LogP contribution in [0.25, 0.3) is 0 Å². The highest BCUT2D eigenvalue weighted by Gasteiger charge is 2.07. The van der Waals surface area contributed by atoms with E-state index in [1.807, 2.05) is 45.2 Å². The van der Waals surface area contributed by atoms with Gasteiger partial charge in [-0.15, -0.1) is 0 Å². The number of carbonyl (C=O) groups is 1. The lowest BCUT2D eigenvalue weighted by Crippen LogP contribution is -2.21. The third-order valence-electron chi connectivity index (χ3n) is 2.43. The van der Waals surface area contributed by atoms with Crippen molar-refractivity contribution in [3.05, 3.63) is 59.8 Å². The maximum atomic E-state index is 13.0. The van der Waals surface area contributed by atoms with Crippen LogP contribution >= 0.6 is 45.2 Å². The largest absolute Gasteiger partial charge is 0.343 e. The lowest BCUT2D eigenvalue weighted by Gasteiger charge is -2.09. The van der Waals surface area contributed by atoms with E-state index < -0.39 is 5.82 Å². The summed E-state index contributed by atoms with van der Waals surface area (Å²) in [5, 5.41) is 2.60. The van der Waals surface area contributed by atoms with E-state index >= 15 is 0 Å². The Balaban J connectivity index is 2.10. The minimum absolute atomic E-state index is 0.0482. The number of carbonyl (C=O) groups excluding carboxylic acids is 1. The third kappa shape index (κ3) is 4.01. The van der Waals surface area contributed by atoms with Gasteiger partial charge in [-0.1, -0.05) is 6.07 Å². The Bertz CT molecular complexity index is 690. The number of nitrogens with zero attached hydrogens (tertiary/aromatic N) is 1. The molecule has 2 rings (SSSR count). The van der Waals surface area contributed by atoms with E-state index in [1.165, 1.54) is 18.2 Å². The van der Waals surface area contributed by atoms with Crippen molar-refractivity contribution in [2.75, 3.05) is 5.32 Å². The number of nitrogens with one attached hydrogen (secondary N) is 1. The molecule has 1 aromatic heterocycles. The second-order valence-corrected chi connectivity index (χ2v) is 6.34. The Hall–Kier alpha value is -0.970. The van der Waals surface area contributed by atoms with Crippen LogP contribution in [0.1, 0.15) is 0 Å². The van der Waals surface area contributed by atoms with Crippen molar-refractivity contribution < 1.29 is 9.18 Å².